The summed E-state index contributed by atoms with van der Waals surface area (Å²) in [6, 6.07) is 14.6. The van der Waals surface area contributed by atoms with Gasteiger partial charge < -0.3 is 0 Å². The van der Waals surface area contributed by atoms with E-state index in [1.54, 1.807) is 24.3 Å². The zero-order valence-corrected chi connectivity index (χ0v) is 22.0. The van der Waals surface area contributed by atoms with Gasteiger partial charge in [0.1, 0.15) is 0 Å². The van der Waals surface area contributed by atoms with Gasteiger partial charge in [-0.25, -0.2) is 0 Å². The normalized spacial score (nSPS) is 24.8. The predicted molar refractivity (Wildman–Crippen MR) is 129 cm³/mol. The Labute approximate surface area is 219 Å². The maximum absolute atomic E-state index is 13.5. The van der Waals surface area contributed by atoms with Crippen LogP contribution >= 0.6 is 0 Å². The molecular formula is C26H25NO9Se. The van der Waals surface area contributed by atoms with E-state index < -0.39 is 74.0 Å². The third kappa shape index (κ3) is 5.74. The fraction of sp³-hybridized carbons (Fsp3) is 0.346. The van der Waals surface area contributed by atoms with Gasteiger partial charge in [0.05, 0.1) is 0 Å². The van der Waals surface area contributed by atoms with Crippen LogP contribution in [0.4, 0.5) is 0 Å². The van der Waals surface area contributed by atoms with Gasteiger partial charge in [-0.05, 0) is 0 Å². The number of fused-ring (bicyclic) bond motifs is 1. The Hall–Kier alpha value is -3.53. The van der Waals surface area contributed by atoms with Crippen LogP contribution in [0.5, 0.6) is 0 Å². The van der Waals surface area contributed by atoms with Gasteiger partial charge in [-0.2, -0.15) is 0 Å². The van der Waals surface area contributed by atoms with E-state index in [0.717, 1.165) is 9.36 Å². The van der Waals surface area contributed by atoms with Gasteiger partial charge in [0, 0.05) is 0 Å². The van der Waals surface area contributed by atoms with Crippen LogP contribution in [0.2, 0.25) is 0 Å². The summed E-state index contributed by atoms with van der Waals surface area (Å²) < 4.78 is 23.5. The summed E-state index contributed by atoms with van der Waals surface area (Å²) in [4.78, 5) is 63.9. The van der Waals surface area contributed by atoms with E-state index in [0.29, 0.717) is 0 Å². The van der Waals surface area contributed by atoms with Gasteiger partial charge in [-0.1, -0.05) is 0 Å². The number of ether oxygens (including phenoxy) is 4. The molecule has 11 heteroatoms. The van der Waals surface area contributed by atoms with Crippen molar-refractivity contribution >= 4 is 49.1 Å². The van der Waals surface area contributed by atoms with Crippen molar-refractivity contribution in [3.63, 3.8) is 0 Å². The van der Waals surface area contributed by atoms with Crippen LogP contribution in [0, 0.1) is 0 Å². The Balaban J connectivity index is 1.81. The second-order valence-electron chi connectivity index (χ2n) is 8.44. The second kappa shape index (κ2) is 11.2. The van der Waals surface area contributed by atoms with E-state index in [1.165, 1.54) is 20.8 Å². The number of nitrogens with zero attached hydrogens (tertiary/aromatic N) is 1. The van der Waals surface area contributed by atoms with Gasteiger partial charge >= 0.3 is 219 Å². The Bertz CT molecular complexity index is 1180. The molecule has 0 aliphatic carbocycles. The molecule has 1 fully saturated rings. The number of imide groups is 1. The minimum atomic E-state index is -1.27. The van der Waals surface area contributed by atoms with E-state index in [1.807, 2.05) is 30.3 Å². The summed E-state index contributed by atoms with van der Waals surface area (Å²) in [5.41, 5.74) is 0.428. The first kappa shape index (κ1) is 26.5. The maximum atomic E-state index is 13.5. The van der Waals surface area contributed by atoms with Crippen LogP contribution in [-0.2, 0) is 33.3 Å². The number of hydrogen-bond acceptors (Lipinski definition) is 9. The Morgan fingerprint density at radius 3 is 1.89 bits per heavy atom. The number of carbonyl (C=O) groups is 5. The van der Waals surface area contributed by atoms with Crippen LogP contribution in [0.3, 0.4) is 0 Å². The topological polar surface area (TPSA) is 126 Å². The average Bonchev–Trinajstić information content (AvgIpc) is 3.10. The summed E-state index contributed by atoms with van der Waals surface area (Å²) in [5.74, 6) is -3.13. The number of amides is 2. The molecule has 2 aromatic carbocycles. The van der Waals surface area contributed by atoms with Crippen molar-refractivity contribution in [1.29, 1.82) is 0 Å². The quantitative estimate of drug-likeness (QED) is 0.205. The molecule has 0 N–H and O–H groups in total. The molecule has 0 aromatic heterocycles. The van der Waals surface area contributed by atoms with Crippen molar-refractivity contribution in [3.05, 3.63) is 65.7 Å². The van der Waals surface area contributed by atoms with E-state index in [2.05, 4.69) is 0 Å². The van der Waals surface area contributed by atoms with Crippen LogP contribution in [-0.4, -0.2) is 85.5 Å². The third-order valence-electron chi connectivity index (χ3n) is 5.79. The summed E-state index contributed by atoms with van der Waals surface area (Å²) >= 11 is -0.505. The summed E-state index contributed by atoms with van der Waals surface area (Å²) in [6.07, 6.45) is -3.54. The van der Waals surface area contributed by atoms with Crippen molar-refractivity contribution in [3.8, 4) is 0 Å². The Morgan fingerprint density at radius 2 is 1.35 bits per heavy atom. The van der Waals surface area contributed by atoms with Crippen molar-refractivity contribution < 1.29 is 42.9 Å². The molecule has 2 aromatic rings. The predicted octanol–water partition coefficient (Wildman–Crippen LogP) is 0.832. The molecule has 10 nitrogen and oxygen atoms in total. The minimum absolute atomic E-state index is 0.214. The molecular weight excluding hydrogens is 549 g/mol. The van der Waals surface area contributed by atoms with Crippen LogP contribution in [0.1, 0.15) is 41.5 Å². The molecule has 0 spiro atoms. The molecule has 0 radical (unpaired) electrons. The molecule has 0 saturated carbocycles. The number of rotatable bonds is 7. The van der Waals surface area contributed by atoms with E-state index >= 15 is 0 Å². The number of hydrogen-bond donors (Lipinski definition) is 0. The van der Waals surface area contributed by atoms with Gasteiger partial charge in [-0.3, -0.25) is 0 Å². The molecule has 2 aliphatic heterocycles. The fourth-order valence-electron chi connectivity index (χ4n) is 4.37. The Kier molecular flexibility index (Phi) is 8.06. The molecule has 2 amide bonds. The summed E-state index contributed by atoms with van der Waals surface area (Å²) in [5, 5.41) is -0.825. The van der Waals surface area contributed by atoms with Crippen molar-refractivity contribution in [2.24, 2.45) is 0 Å². The standard InChI is InChI=1S/C26H25NO9Se/c1-14(28)33-13-20-22(34-15(2)29)23(35-16(3)30)21(26(36-20)37-17-9-5-4-6-10-17)27-24(31)18-11-7-8-12-19(18)25(27)32/h4-12,20-23,26H,13H2,1-3H3/t20-,21-,22-,23-,26+/m1/s1. The fourth-order valence-corrected chi connectivity index (χ4v) is 6.88. The van der Waals surface area contributed by atoms with Crippen molar-refractivity contribution in [1.82, 2.24) is 4.90 Å². The molecule has 0 bridgehead atoms. The van der Waals surface area contributed by atoms with Crippen molar-refractivity contribution in [2.45, 2.75) is 50.1 Å². The second-order valence-corrected chi connectivity index (χ2v) is 10.9. The summed E-state index contributed by atoms with van der Waals surface area (Å²) in [6.45, 7) is 3.28. The molecule has 2 heterocycles. The first-order chi connectivity index (χ1) is 17.7. The van der Waals surface area contributed by atoms with Gasteiger partial charge in [0.25, 0.3) is 0 Å². The molecule has 194 valence electrons. The van der Waals surface area contributed by atoms with Gasteiger partial charge in [-0.15, -0.1) is 0 Å². The zero-order valence-electron chi connectivity index (χ0n) is 20.3. The van der Waals surface area contributed by atoms with Crippen LogP contribution < -0.4 is 4.46 Å². The van der Waals surface area contributed by atoms with Gasteiger partial charge in [0.2, 0.25) is 0 Å². The molecule has 0 unspecified atom stereocenters. The molecule has 5 atom stereocenters. The van der Waals surface area contributed by atoms with Crippen molar-refractivity contribution in [2.75, 3.05) is 6.61 Å². The summed E-state index contributed by atoms with van der Waals surface area (Å²) in [7, 11) is 0. The molecule has 37 heavy (non-hydrogen) atoms. The zero-order chi connectivity index (χ0) is 26.7. The van der Waals surface area contributed by atoms with E-state index in [4.69, 9.17) is 18.9 Å². The molecule has 1 saturated heterocycles. The van der Waals surface area contributed by atoms with E-state index in [-0.39, 0.29) is 17.7 Å². The van der Waals surface area contributed by atoms with E-state index in [9.17, 15) is 24.0 Å². The van der Waals surface area contributed by atoms with Gasteiger partial charge in [0.15, 0.2) is 0 Å². The first-order valence-corrected chi connectivity index (χ1v) is 13.3. The number of benzene rings is 2. The van der Waals surface area contributed by atoms with Crippen LogP contribution in [0.15, 0.2) is 54.6 Å². The monoisotopic (exact) mass is 575 g/mol. The number of esters is 3. The molecule has 2 aliphatic rings. The number of carbonyl (C=O) groups excluding carboxylic acids is 5. The molecule has 4 rings (SSSR count). The average molecular weight is 574 g/mol. The van der Waals surface area contributed by atoms with Crippen LogP contribution in [0.25, 0.3) is 0 Å². The third-order valence-corrected chi connectivity index (χ3v) is 8.24. The Morgan fingerprint density at radius 1 is 0.811 bits per heavy atom. The first-order valence-electron chi connectivity index (χ1n) is 11.5. The SMILES string of the molecule is CC(=O)OC[C@H]1O[C@@H]([Se]c2ccccc2)[C@H](N2C(=O)c3ccccc3C2=O)[C@@H](OC(C)=O)[C@@H]1OC(C)=O.